The Kier molecular flexibility index (Phi) is 2.35. The summed E-state index contributed by atoms with van der Waals surface area (Å²) in [7, 11) is 0. The van der Waals surface area contributed by atoms with Gasteiger partial charge in [0.1, 0.15) is 5.54 Å². The summed E-state index contributed by atoms with van der Waals surface area (Å²) >= 11 is 0. The van der Waals surface area contributed by atoms with Gasteiger partial charge in [0.15, 0.2) is 0 Å². The van der Waals surface area contributed by atoms with Gasteiger partial charge in [0.05, 0.1) is 0 Å². The first kappa shape index (κ1) is 8.34. The highest BCUT2D eigenvalue weighted by Crippen LogP contribution is 2.37. The molecule has 1 fully saturated rings. The monoisotopic (exact) mass is 161 g/mol. The first-order chi connectivity index (χ1) is 5.21. The summed E-state index contributed by atoms with van der Waals surface area (Å²) in [5, 5.41) is 0. The smallest absolute Gasteiger partial charge is 0.211 e. The Morgan fingerprint density at radius 2 is 1.91 bits per heavy atom. The van der Waals surface area contributed by atoms with Crippen LogP contribution in [0.1, 0.15) is 25.7 Å². The Bertz CT molecular complexity index is 181. The minimum absolute atomic E-state index is 0.319. The Labute approximate surface area is 63.3 Å². The molecule has 62 valence electrons. The van der Waals surface area contributed by atoms with Crippen LogP contribution in [-0.4, -0.2) is 18.0 Å². The first-order valence-electron chi connectivity index (χ1n) is 3.58. The topological polar surface area (TPSA) is 29.4 Å². The molecule has 0 aliphatic heterocycles. The maximum absolute atomic E-state index is 12.3. The van der Waals surface area contributed by atoms with Gasteiger partial charge in [-0.1, -0.05) is 12.8 Å². The zero-order valence-electron chi connectivity index (χ0n) is 6.02. The molecule has 1 saturated carbocycles. The number of hydrogen-bond acceptors (Lipinski definition) is 2. The van der Waals surface area contributed by atoms with E-state index in [1.807, 2.05) is 0 Å². The van der Waals surface area contributed by atoms with Crippen LogP contribution < -0.4 is 0 Å². The lowest BCUT2D eigenvalue weighted by atomic mass is 10.00. The van der Waals surface area contributed by atoms with Crippen molar-refractivity contribution in [1.82, 2.24) is 0 Å². The largest absolute Gasteiger partial charge is 0.264 e. The summed E-state index contributed by atoms with van der Waals surface area (Å²) < 4.78 is 24.6. The lowest BCUT2D eigenvalue weighted by Gasteiger charge is -2.19. The van der Waals surface area contributed by atoms with Gasteiger partial charge in [-0.2, -0.15) is 4.99 Å². The van der Waals surface area contributed by atoms with E-state index in [0.717, 1.165) is 12.8 Å². The first-order valence-corrected chi connectivity index (χ1v) is 3.58. The van der Waals surface area contributed by atoms with Gasteiger partial charge in [-0.3, -0.25) is 0 Å². The Hall–Kier alpha value is -0.760. The summed E-state index contributed by atoms with van der Waals surface area (Å²) in [6.07, 6.45) is 0.807. The molecule has 0 heterocycles. The average molecular weight is 161 g/mol. The molecule has 1 rings (SSSR count). The predicted molar refractivity (Wildman–Crippen MR) is 35.3 cm³/mol. The number of rotatable bonds is 2. The summed E-state index contributed by atoms with van der Waals surface area (Å²) in [6.45, 7) is 0. The minimum atomic E-state index is -2.52. The van der Waals surface area contributed by atoms with Crippen molar-refractivity contribution in [2.24, 2.45) is 4.99 Å². The maximum atomic E-state index is 12.3. The third-order valence-electron chi connectivity index (χ3n) is 2.14. The van der Waals surface area contributed by atoms with E-state index >= 15 is 0 Å². The van der Waals surface area contributed by atoms with E-state index in [0.29, 0.717) is 12.8 Å². The quantitative estimate of drug-likeness (QED) is 0.449. The van der Waals surface area contributed by atoms with Crippen LogP contribution in [0.2, 0.25) is 0 Å². The highest BCUT2D eigenvalue weighted by molar-refractivity contribution is 5.35. The molecule has 0 bridgehead atoms. The van der Waals surface area contributed by atoms with Gasteiger partial charge in [0.2, 0.25) is 6.08 Å². The average Bonchev–Trinajstić information content (AvgIpc) is 2.38. The zero-order chi connectivity index (χ0) is 8.32. The van der Waals surface area contributed by atoms with Crippen LogP contribution in [0.15, 0.2) is 4.99 Å². The number of hydrogen-bond donors (Lipinski definition) is 0. The highest BCUT2D eigenvalue weighted by Gasteiger charge is 2.42. The molecule has 0 amide bonds. The van der Waals surface area contributed by atoms with Crippen molar-refractivity contribution < 1.29 is 13.6 Å². The molecule has 0 aromatic carbocycles. The van der Waals surface area contributed by atoms with Crippen molar-refractivity contribution in [2.45, 2.75) is 37.6 Å². The van der Waals surface area contributed by atoms with Crippen molar-refractivity contribution in [3.05, 3.63) is 0 Å². The summed E-state index contributed by atoms with van der Waals surface area (Å²) in [4.78, 5) is 13.0. The molecule has 4 heteroatoms. The van der Waals surface area contributed by atoms with Gasteiger partial charge < -0.3 is 0 Å². The second-order valence-corrected chi connectivity index (χ2v) is 2.81. The fourth-order valence-electron chi connectivity index (χ4n) is 1.46. The molecule has 0 unspecified atom stereocenters. The van der Waals surface area contributed by atoms with E-state index in [2.05, 4.69) is 4.99 Å². The van der Waals surface area contributed by atoms with Gasteiger partial charge in [0, 0.05) is 0 Å². The lowest BCUT2D eigenvalue weighted by molar-refractivity contribution is 0.0588. The molecule has 2 nitrogen and oxygen atoms in total. The highest BCUT2D eigenvalue weighted by atomic mass is 19.3. The Morgan fingerprint density at radius 1 is 1.36 bits per heavy atom. The van der Waals surface area contributed by atoms with Gasteiger partial charge >= 0.3 is 0 Å². The number of carbonyl (C=O) groups excluding carboxylic acids is 1. The lowest BCUT2D eigenvalue weighted by Crippen LogP contribution is -2.31. The second-order valence-electron chi connectivity index (χ2n) is 2.81. The van der Waals surface area contributed by atoms with E-state index in [9.17, 15) is 13.6 Å². The summed E-state index contributed by atoms with van der Waals surface area (Å²) in [6, 6.07) is 0. The second kappa shape index (κ2) is 3.09. The minimum Gasteiger partial charge on any atom is -0.211 e. The van der Waals surface area contributed by atoms with Crippen LogP contribution in [0.4, 0.5) is 8.78 Å². The summed E-state index contributed by atoms with van der Waals surface area (Å²) in [5.41, 5.74) is -1.39. The number of nitrogens with zero attached hydrogens (tertiary/aromatic N) is 1. The zero-order valence-corrected chi connectivity index (χ0v) is 6.02. The Morgan fingerprint density at radius 3 is 2.27 bits per heavy atom. The van der Waals surface area contributed by atoms with E-state index in [-0.39, 0.29) is 0 Å². The molecular weight excluding hydrogens is 152 g/mol. The van der Waals surface area contributed by atoms with Gasteiger partial charge in [0.25, 0.3) is 6.43 Å². The maximum Gasteiger partial charge on any atom is 0.264 e. The van der Waals surface area contributed by atoms with Crippen LogP contribution in [0.25, 0.3) is 0 Å². The predicted octanol–water partition coefficient (Wildman–Crippen LogP) is 1.90. The molecule has 11 heavy (non-hydrogen) atoms. The molecule has 0 saturated heterocycles. The van der Waals surface area contributed by atoms with E-state index in [4.69, 9.17) is 0 Å². The normalized spacial score (nSPS) is 21.7. The molecule has 1 aliphatic rings. The molecule has 0 radical (unpaired) electrons. The SMILES string of the molecule is O=C=NC1(C(F)F)CCCC1. The third-order valence-corrected chi connectivity index (χ3v) is 2.14. The van der Waals surface area contributed by atoms with Crippen LogP contribution in [0.3, 0.4) is 0 Å². The fraction of sp³-hybridized carbons (Fsp3) is 0.857. The van der Waals surface area contributed by atoms with Crippen LogP contribution in [-0.2, 0) is 4.79 Å². The molecule has 0 spiro atoms. The van der Waals surface area contributed by atoms with E-state index in [1.54, 1.807) is 0 Å². The fourth-order valence-corrected chi connectivity index (χ4v) is 1.46. The third kappa shape index (κ3) is 1.46. The van der Waals surface area contributed by atoms with Gasteiger partial charge in [-0.25, -0.2) is 13.6 Å². The molecule has 0 aromatic heterocycles. The van der Waals surface area contributed by atoms with E-state index < -0.39 is 12.0 Å². The number of isocyanates is 1. The molecule has 0 atom stereocenters. The summed E-state index contributed by atoms with van der Waals surface area (Å²) in [5.74, 6) is 0. The van der Waals surface area contributed by atoms with Crippen molar-refractivity contribution in [2.75, 3.05) is 0 Å². The van der Waals surface area contributed by atoms with Gasteiger partial charge in [-0.15, -0.1) is 0 Å². The van der Waals surface area contributed by atoms with Crippen molar-refractivity contribution >= 4 is 6.08 Å². The Balaban J connectivity index is 2.78. The molecule has 0 N–H and O–H groups in total. The van der Waals surface area contributed by atoms with Crippen molar-refractivity contribution in [1.29, 1.82) is 0 Å². The van der Waals surface area contributed by atoms with Crippen LogP contribution in [0, 0.1) is 0 Å². The number of halogens is 2. The van der Waals surface area contributed by atoms with E-state index in [1.165, 1.54) is 6.08 Å². The molecule has 1 aliphatic carbocycles. The molecular formula is C7H9F2NO. The van der Waals surface area contributed by atoms with Gasteiger partial charge in [-0.05, 0) is 12.8 Å². The number of alkyl halides is 2. The standard InChI is InChI=1S/C7H9F2NO/c8-6(9)7(10-5-11)3-1-2-4-7/h6H,1-4H2. The van der Waals surface area contributed by atoms with Crippen molar-refractivity contribution in [3.63, 3.8) is 0 Å². The molecule has 0 aromatic rings. The van der Waals surface area contributed by atoms with Crippen LogP contribution in [0.5, 0.6) is 0 Å². The van der Waals surface area contributed by atoms with Crippen molar-refractivity contribution in [3.8, 4) is 0 Å². The van der Waals surface area contributed by atoms with Crippen LogP contribution >= 0.6 is 0 Å². The number of aliphatic imine (C=N–C) groups is 1.